The summed E-state index contributed by atoms with van der Waals surface area (Å²) >= 11 is 0. The van der Waals surface area contributed by atoms with Gasteiger partial charge in [0, 0.05) is 29.0 Å². The first-order valence-corrected chi connectivity index (χ1v) is 7.90. The van der Waals surface area contributed by atoms with Gasteiger partial charge in [-0.1, -0.05) is 32.0 Å². The number of carbonyl (C=O) groups is 1. The molecule has 0 bridgehead atoms. The summed E-state index contributed by atoms with van der Waals surface area (Å²) in [6.45, 7) is 4.01. The molecule has 3 aromatic rings. The minimum absolute atomic E-state index is 0.114. The minimum atomic E-state index is -0.299. The average molecular weight is 324 g/mol. The number of aromatic amines is 1. The smallest absolute Gasteiger partial charge is 0.226 e. The van der Waals surface area contributed by atoms with Crippen LogP contribution in [0, 0.1) is 5.92 Å². The Kier molecular flexibility index (Phi) is 4.46. The summed E-state index contributed by atoms with van der Waals surface area (Å²) in [6, 6.07) is 8.95. The van der Waals surface area contributed by atoms with Gasteiger partial charge in [0.1, 0.15) is 11.3 Å². The van der Waals surface area contributed by atoms with Crippen molar-refractivity contribution < 1.29 is 9.90 Å². The number of aromatic hydroxyl groups is 1. The number of nitrogens with one attached hydrogen (secondary N) is 2. The molecule has 0 saturated heterocycles. The SMILES string of the molecule is CC(C)C(NC(=O)Cc1ccn[nH]1)c1ccc2cccnc2c1O. The van der Waals surface area contributed by atoms with Crippen LogP contribution in [0.3, 0.4) is 0 Å². The van der Waals surface area contributed by atoms with Crippen LogP contribution < -0.4 is 5.32 Å². The third-order valence-corrected chi connectivity index (χ3v) is 4.01. The zero-order valence-electron chi connectivity index (χ0n) is 13.7. The number of amides is 1. The van der Waals surface area contributed by atoms with Gasteiger partial charge < -0.3 is 10.4 Å². The van der Waals surface area contributed by atoms with Crippen LogP contribution in [0.1, 0.15) is 31.1 Å². The highest BCUT2D eigenvalue weighted by atomic mass is 16.3. The largest absolute Gasteiger partial charge is 0.505 e. The van der Waals surface area contributed by atoms with Gasteiger partial charge in [-0.05, 0) is 18.1 Å². The number of phenols is 1. The first-order valence-electron chi connectivity index (χ1n) is 7.90. The van der Waals surface area contributed by atoms with Crippen molar-refractivity contribution in [3.63, 3.8) is 0 Å². The Morgan fingerprint density at radius 2 is 2.08 bits per heavy atom. The number of aromatic nitrogens is 3. The van der Waals surface area contributed by atoms with Crippen LogP contribution in [-0.2, 0) is 11.2 Å². The number of fused-ring (bicyclic) bond motifs is 1. The Bertz CT molecular complexity index is 843. The quantitative estimate of drug-likeness (QED) is 0.673. The summed E-state index contributed by atoms with van der Waals surface area (Å²) in [5.41, 5.74) is 1.97. The van der Waals surface area contributed by atoms with Crippen LogP contribution >= 0.6 is 0 Å². The van der Waals surface area contributed by atoms with Gasteiger partial charge in [0.15, 0.2) is 0 Å². The van der Waals surface area contributed by atoms with Crippen molar-refractivity contribution in [3.05, 3.63) is 54.0 Å². The van der Waals surface area contributed by atoms with Gasteiger partial charge in [-0.3, -0.25) is 14.9 Å². The Balaban J connectivity index is 1.88. The third kappa shape index (κ3) is 3.22. The molecule has 124 valence electrons. The zero-order chi connectivity index (χ0) is 17.1. The van der Waals surface area contributed by atoms with E-state index >= 15 is 0 Å². The molecule has 2 aromatic heterocycles. The molecule has 1 atom stereocenters. The number of nitrogens with zero attached hydrogens (tertiary/aromatic N) is 2. The lowest BCUT2D eigenvalue weighted by Gasteiger charge is -2.24. The van der Waals surface area contributed by atoms with E-state index in [1.54, 1.807) is 18.5 Å². The van der Waals surface area contributed by atoms with E-state index in [-0.39, 0.29) is 30.0 Å². The molecule has 0 aliphatic rings. The molecule has 6 heteroatoms. The molecule has 2 heterocycles. The summed E-state index contributed by atoms with van der Waals surface area (Å²) in [7, 11) is 0. The molecular weight excluding hydrogens is 304 g/mol. The molecule has 0 saturated carbocycles. The molecule has 1 unspecified atom stereocenters. The summed E-state index contributed by atoms with van der Waals surface area (Å²) in [5, 5.41) is 21.1. The van der Waals surface area contributed by atoms with Crippen LogP contribution in [0.4, 0.5) is 0 Å². The fourth-order valence-electron chi connectivity index (χ4n) is 2.78. The average Bonchev–Trinajstić information content (AvgIpc) is 3.06. The van der Waals surface area contributed by atoms with E-state index in [1.807, 2.05) is 38.1 Å². The Hall–Kier alpha value is -2.89. The van der Waals surface area contributed by atoms with Gasteiger partial charge >= 0.3 is 0 Å². The maximum atomic E-state index is 12.3. The highest BCUT2D eigenvalue weighted by molar-refractivity contribution is 5.86. The molecule has 3 rings (SSSR count). The molecule has 6 nitrogen and oxygen atoms in total. The number of hydrogen-bond donors (Lipinski definition) is 3. The van der Waals surface area contributed by atoms with E-state index in [9.17, 15) is 9.90 Å². The second-order valence-corrected chi connectivity index (χ2v) is 6.13. The lowest BCUT2D eigenvalue weighted by atomic mass is 9.93. The summed E-state index contributed by atoms with van der Waals surface area (Å²) in [4.78, 5) is 16.6. The van der Waals surface area contributed by atoms with Crippen molar-refractivity contribution in [3.8, 4) is 5.75 Å². The molecule has 0 radical (unpaired) electrons. The van der Waals surface area contributed by atoms with Crippen LogP contribution in [-0.4, -0.2) is 26.2 Å². The fraction of sp³-hybridized carbons (Fsp3) is 0.278. The molecule has 24 heavy (non-hydrogen) atoms. The van der Waals surface area contributed by atoms with Crippen LogP contribution in [0.5, 0.6) is 5.75 Å². The van der Waals surface area contributed by atoms with Crippen LogP contribution in [0.25, 0.3) is 10.9 Å². The second kappa shape index (κ2) is 6.70. The number of carbonyl (C=O) groups excluding carboxylic acids is 1. The van der Waals surface area contributed by atoms with Crippen molar-refractivity contribution in [1.29, 1.82) is 0 Å². The molecular formula is C18H20N4O2. The number of rotatable bonds is 5. The summed E-state index contributed by atoms with van der Waals surface area (Å²) in [6.07, 6.45) is 3.48. The van der Waals surface area contributed by atoms with E-state index in [0.29, 0.717) is 11.1 Å². The second-order valence-electron chi connectivity index (χ2n) is 6.13. The maximum absolute atomic E-state index is 12.3. The summed E-state index contributed by atoms with van der Waals surface area (Å²) < 4.78 is 0. The number of benzene rings is 1. The van der Waals surface area contributed by atoms with Crippen molar-refractivity contribution in [2.75, 3.05) is 0 Å². The van der Waals surface area contributed by atoms with Gasteiger partial charge in [-0.25, -0.2) is 0 Å². The maximum Gasteiger partial charge on any atom is 0.226 e. The third-order valence-electron chi connectivity index (χ3n) is 4.01. The molecule has 3 N–H and O–H groups in total. The number of pyridine rings is 1. The normalized spacial score (nSPS) is 12.5. The van der Waals surface area contributed by atoms with E-state index in [2.05, 4.69) is 20.5 Å². The number of hydrogen-bond acceptors (Lipinski definition) is 4. The number of H-pyrrole nitrogens is 1. The van der Waals surface area contributed by atoms with Gasteiger partial charge in [0.25, 0.3) is 0 Å². The highest BCUT2D eigenvalue weighted by Gasteiger charge is 2.23. The monoisotopic (exact) mass is 324 g/mol. The lowest BCUT2D eigenvalue weighted by Crippen LogP contribution is -2.33. The molecule has 0 fully saturated rings. The Labute approximate surface area is 139 Å². The molecule has 0 aliphatic carbocycles. The lowest BCUT2D eigenvalue weighted by molar-refractivity contribution is -0.121. The summed E-state index contributed by atoms with van der Waals surface area (Å²) in [5.74, 6) is 0.106. The van der Waals surface area contributed by atoms with E-state index in [4.69, 9.17) is 0 Å². The van der Waals surface area contributed by atoms with Crippen molar-refractivity contribution in [1.82, 2.24) is 20.5 Å². The van der Waals surface area contributed by atoms with Gasteiger partial charge in [-0.2, -0.15) is 5.10 Å². The van der Waals surface area contributed by atoms with Gasteiger partial charge in [-0.15, -0.1) is 0 Å². The predicted octanol–water partition coefficient (Wildman–Crippen LogP) is 2.72. The van der Waals surface area contributed by atoms with Gasteiger partial charge in [0.2, 0.25) is 5.91 Å². The van der Waals surface area contributed by atoms with Gasteiger partial charge in [0.05, 0.1) is 12.5 Å². The molecule has 1 aromatic carbocycles. The topological polar surface area (TPSA) is 90.9 Å². The molecule has 0 spiro atoms. The first kappa shape index (κ1) is 16.0. The van der Waals surface area contributed by atoms with Crippen LogP contribution in [0.15, 0.2) is 42.7 Å². The Morgan fingerprint density at radius 1 is 1.25 bits per heavy atom. The first-order chi connectivity index (χ1) is 11.6. The van der Waals surface area contributed by atoms with Crippen molar-refractivity contribution >= 4 is 16.8 Å². The standard InChI is InChI=1S/C18H20N4O2/c1-11(2)16(21-15(23)10-13-7-9-20-22-13)14-6-5-12-4-3-8-19-17(12)18(14)24/h3-9,11,16,24H,10H2,1-2H3,(H,20,22)(H,21,23). The highest BCUT2D eigenvalue weighted by Crippen LogP contribution is 2.34. The minimum Gasteiger partial charge on any atom is -0.505 e. The van der Waals surface area contributed by atoms with Crippen molar-refractivity contribution in [2.24, 2.45) is 5.92 Å². The fourth-order valence-corrected chi connectivity index (χ4v) is 2.78. The predicted molar refractivity (Wildman–Crippen MR) is 91.4 cm³/mol. The Morgan fingerprint density at radius 3 is 2.79 bits per heavy atom. The van der Waals surface area contributed by atoms with Crippen molar-refractivity contribution in [2.45, 2.75) is 26.3 Å². The van der Waals surface area contributed by atoms with E-state index in [0.717, 1.165) is 11.1 Å². The zero-order valence-corrected chi connectivity index (χ0v) is 13.7. The van der Waals surface area contributed by atoms with E-state index in [1.165, 1.54) is 0 Å². The number of phenolic OH excluding ortho intramolecular Hbond substituents is 1. The molecule has 0 aliphatic heterocycles. The van der Waals surface area contributed by atoms with Crippen LogP contribution in [0.2, 0.25) is 0 Å². The molecule has 1 amide bonds. The van der Waals surface area contributed by atoms with E-state index < -0.39 is 0 Å².